The highest BCUT2D eigenvalue weighted by atomic mass is 19.2. The van der Waals surface area contributed by atoms with Gasteiger partial charge in [-0.1, -0.05) is 12.1 Å². The molecule has 6 heteroatoms. The van der Waals surface area contributed by atoms with Gasteiger partial charge in [0.1, 0.15) is 0 Å². The van der Waals surface area contributed by atoms with Gasteiger partial charge in [0, 0.05) is 11.3 Å². The van der Waals surface area contributed by atoms with Crippen LogP contribution in [0.4, 0.5) is 14.5 Å². The minimum atomic E-state index is -1.10. The van der Waals surface area contributed by atoms with Crippen LogP contribution in [0.1, 0.15) is 15.9 Å². The molecule has 0 aliphatic heterocycles. The molecule has 21 heavy (non-hydrogen) atoms. The molecule has 0 fully saturated rings. The molecule has 0 aromatic heterocycles. The summed E-state index contributed by atoms with van der Waals surface area (Å²) in [7, 11) is 0. The first-order valence-electron chi connectivity index (χ1n) is 6.03. The van der Waals surface area contributed by atoms with Crippen molar-refractivity contribution < 1.29 is 23.5 Å². The second-order valence-electron chi connectivity index (χ2n) is 4.35. The van der Waals surface area contributed by atoms with Gasteiger partial charge in [-0.15, -0.1) is 0 Å². The van der Waals surface area contributed by atoms with E-state index in [1.165, 1.54) is 18.2 Å². The predicted molar refractivity (Wildman–Crippen MR) is 72.1 cm³/mol. The lowest BCUT2D eigenvalue weighted by atomic mass is 10.1. The van der Waals surface area contributed by atoms with Crippen LogP contribution in [0.3, 0.4) is 0 Å². The molecule has 0 unspecified atom stereocenters. The predicted octanol–water partition coefficient (Wildman–Crippen LogP) is 2.84. The van der Waals surface area contributed by atoms with E-state index in [0.29, 0.717) is 11.3 Å². The molecule has 4 nitrogen and oxygen atoms in total. The molecule has 0 radical (unpaired) electrons. The van der Waals surface area contributed by atoms with Crippen molar-refractivity contribution in [2.24, 2.45) is 0 Å². The first-order valence-corrected chi connectivity index (χ1v) is 6.03. The van der Waals surface area contributed by atoms with Gasteiger partial charge in [-0.2, -0.15) is 0 Å². The molecule has 0 aliphatic rings. The fourth-order valence-corrected chi connectivity index (χ4v) is 1.72. The van der Waals surface area contributed by atoms with E-state index in [9.17, 15) is 18.4 Å². The third-order valence-electron chi connectivity index (χ3n) is 2.75. The maximum absolute atomic E-state index is 13.0. The second-order valence-corrected chi connectivity index (χ2v) is 4.35. The monoisotopic (exact) mass is 291 g/mol. The molecular weight excluding hydrogens is 280 g/mol. The average Bonchev–Trinajstić information content (AvgIpc) is 2.43. The maximum atomic E-state index is 13.0. The SMILES string of the molecule is O=C(O)Cc1ccc(NC(=O)c2ccc(F)c(F)c2)cc1. The van der Waals surface area contributed by atoms with Crippen molar-refractivity contribution in [1.82, 2.24) is 0 Å². The number of rotatable bonds is 4. The summed E-state index contributed by atoms with van der Waals surface area (Å²) < 4.78 is 25.8. The smallest absolute Gasteiger partial charge is 0.307 e. The number of amides is 1. The summed E-state index contributed by atoms with van der Waals surface area (Å²) in [6.45, 7) is 0. The molecule has 0 aliphatic carbocycles. The quantitative estimate of drug-likeness (QED) is 0.910. The Bertz CT molecular complexity index is 684. The standard InChI is InChI=1S/C15H11F2NO3/c16-12-6-3-10(8-13(12)17)15(21)18-11-4-1-9(2-5-11)7-14(19)20/h1-6,8H,7H2,(H,18,21)(H,19,20). The van der Waals surface area contributed by atoms with Crippen LogP contribution in [-0.2, 0) is 11.2 Å². The van der Waals surface area contributed by atoms with E-state index in [1.807, 2.05) is 0 Å². The third-order valence-corrected chi connectivity index (χ3v) is 2.75. The minimum absolute atomic E-state index is 0.0106. The van der Waals surface area contributed by atoms with Crippen molar-refractivity contribution in [2.45, 2.75) is 6.42 Å². The molecular formula is C15H11F2NO3. The van der Waals surface area contributed by atoms with Crippen molar-refractivity contribution in [3.8, 4) is 0 Å². The molecule has 2 rings (SSSR count). The topological polar surface area (TPSA) is 66.4 Å². The fourth-order valence-electron chi connectivity index (χ4n) is 1.72. The Hall–Kier alpha value is -2.76. The average molecular weight is 291 g/mol. The molecule has 0 saturated heterocycles. The van der Waals surface area contributed by atoms with Crippen LogP contribution in [-0.4, -0.2) is 17.0 Å². The number of carboxylic acid groups (broad SMARTS) is 1. The number of nitrogens with one attached hydrogen (secondary N) is 1. The maximum Gasteiger partial charge on any atom is 0.307 e. The van der Waals surface area contributed by atoms with Crippen LogP contribution in [0.15, 0.2) is 42.5 Å². The Kier molecular flexibility index (Phi) is 4.27. The van der Waals surface area contributed by atoms with Crippen LogP contribution in [0, 0.1) is 11.6 Å². The molecule has 0 bridgehead atoms. The first kappa shape index (κ1) is 14.6. The van der Waals surface area contributed by atoms with E-state index in [-0.39, 0.29) is 12.0 Å². The van der Waals surface area contributed by atoms with E-state index in [2.05, 4.69) is 5.32 Å². The van der Waals surface area contributed by atoms with E-state index in [0.717, 1.165) is 12.1 Å². The number of aliphatic carboxylic acids is 1. The molecule has 0 heterocycles. The normalized spacial score (nSPS) is 10.2. The lowest BCUT2D eigenvalue weighted by molar-refractivity contribution is -0.136. The minimum Gasteiger partial charge on any atom is -0.481 e. The van der Waals surface area contributed by atoms with Crippen molar-refractivity contribution in [3.63, 3.8) is 0 Å². The summed E-state index contributed by atoms with van der Waals surface area (Å²) in [5.41, 5.74) is 1.01. The van der Waals surface area contributed by atoms with Crippen LogP contribution >= 0.6 is 0 Å². The van der Waals surface area contributed by atoms with Gasteiger partial charge in [-0.25, -0.2) is 8.78 Å². The molecule has 0 atom stereocenters. The zero-order valence-electron chi connectivity index (χ0n) is 10.8. The highest BCUT2D eigenvalue weighted by molar-refractivity contribution is 6.04. The molecule has 2 N–H and O–H groups in total. The molecule has 1 amide bonds. The Morgan fingerprint density at radius 3 is 2.24 bits per heavy atom. The van der Waals surface area contributed by atoms with Gasteiger partial charge in [0.15, 0.2) is 11.6 Å². The molecule has 2 aromatic rings. The molecule has 0 saturated carbocycles. The van der Waals surface area contributed by atoms with Crippen molar-refractivity contribution in [2.75, 3.05) is 5.32 Å². The van der Waals surface area contributed by atoms with Crippen molar-refractivity contribution in [3.05, 3.63) is 65.2 Å². The van der Waals surface area contributed by atoms with E-state index in [4.69, 9.17) is 5.11 Å². The number of carbonyl (C=O) groups excluding carboxylic acids is 1. The summed E-state index contributed by atoms with van der Waals surface area (Å²) in [6.07, 6.45) is -0.114. The lowest BCUT2D eigenvalue weighted by Crippen LogP contribution is -2.12. The number of benzene rings is 2. The highest BCUT2D eigenvalue weighted by Gasteiger charge is 2.10. The van der Waals surface area contributed by atoms with Crippen LogP contribution in [0.25, 0.3) is 0 Å². The Balaban J connectivity index is 2.08. The summed E-state index contributed by atoms with van der Waals surface area (Å²) >= 11 is 0. The van der Waals surface area contributed by atoms with Gasteiger partial charge < -0.3 is 10.4 Å². The summed E-state index contributed by atoms with van der Waals surface area (Å²) in [5, 5.41) is 11.2. The molecule has 2 aromatic carbocycles. The Labute approximate surface area is 119 Å². The third kappa shape index (κ3) is 3.85. The van der Waals surface area contributed by atoms with Gasteiger partial charge in [0.2, 0.25) is 0 Å². The zero-order chi connectivity index (χ0) is 15.4. The zero-order valence-corrected chi connectivity index (χ0v) is 10.8. The number of halogens is 2. The number of carbonyl (C=O) groups is 2. The van der Waals surface area contributed by atoms with Crippen LogP contribution in [0.5, 0.6) is 0 Å². The summed E-state index contributed by atoms with van der Waals surface area (Å²) in [5.74, 6) is -3.66. The molecule has 108 valence electrons. The number of anilines is 1. The summed E-state index contributed by atoms with van der Waals surface area (Å²) in [6, 6.07) is 9.06. The van der Waals surface area contributed by atoms with Crippen molar-refractivity contribution >= 4 is 17.6 Å². The Morgan fingerprint density at radius 1 is 1.00 bits per heavy atom. The van der Waals surface area contributed by atoms with Gasteiger partial charge in [-0.3, -0.25) is 9.59 Å². The van der Waals surface area contributed by atoms with Gasteiger partial charge in [0.05, 0.1) is 6.42 Å². The second kappa shape index (κ2) is 6.13. The lowest BCUT2D eigenvalue weighted by Gasteiger charge is -2.06. The van der Waals surface area contributed by atoms with E-state index >= 15 is 0 Å². The van der Waals surface area contributed by atoms with E-state index < -0.39 is 23.5 Å². The Morgan fingerprint density at radius 2 is 1.67 bits per heavy atom. The summed E-state index contributed by atoms with van der Waals surface area (Å²) in [4.78, 5) is 22.4. The van der Waals surface area contributed by atoms with Gasteiger partial charge in [-0.05, 0) is 35.9 Å². The highest BCUT2D eigenvalue weighted by Crippen LogP contribution is 2.14. The molecule has 0 spiro atoms. The van der Waals surface area contributed by atoms with Crippen LogP contribution < -0.4 is 5.32 Å². The first-order chi connectivity index (χ1) is 9.95. The number of hydrogen-bond acceptors (Lipinski definition) is 2. The number of carboxylic acids is 1. The van der Waals surface area contributed by atoms with E-state index in [1.54, 1.807) is 12.1 Å². The van der Waals surface area contributed by atoms with Crippen LogP contribution in [0.2, 0.25) is 0 Å². The van der Waals surface area contributed by atoms with Gasteiger partial charge in [0.25, 0.3) is 5.91 Å². The fraction of sp³-hybridized carbons (Fsp3) is 0.0667. The van der Waals surface area contributed by atoms with Gasteiger partial charge >= 0.3 is 5.97 Å². The van der Waals surface area contributed by atoms with Crippen molar-refractivity contribution in [1.29, 1.82) is 0 Å². The number of hydrogen-bond donors (Lipinski definition) is 2. The largest absolute Gasteiger partial charge is 0.481 e.